The van der Waals surface area contributed by atoms with Gasteiger partial charge < -0.3 is 0 Å². The Kier molecular flexibility index (Phi) is 4.77. The maximum Gasteiger partial charge on any atom is 0.142 e. The van der Waals surface area contributed by atoms with Gasteiger partial charge in [-0.2, -0.15) is 12.6 Å². The lowest BCUT2D eigenvalue weighted by Crippen LogP contribution is -2.25. The monoisotopic (exact) mass is 236 g/mol. The Labute approximate surface area is 93.8 Å². The molecule has 0 aromatic carbocycles. The van der Waals surface area contributed by atoms with Crippen LogP contribution in [0.15, 0.2) is 0 Å². The summed E-state index contributed by atoms with van der Waals surface area (Å²) in [5.74, 6) is 1.25. The molecule has 0 radical (unpaired) electrons. The van der Waals surface area contributed by atoms with E-state index in [1.54, 1.807) is 6.92 Å². The Morgan fingerprint density at radius 2 is 2.07 bits per heavy atom. The lowest BCUT2D eigenvalue weighted by atomic mass is 9.80. The van der Waals surface area contributed by atoms with Gasteiger partial charge in [-0.3, -0.25) is 0 Å². The van der Waals surface area contributed by atoms with E-state index >= 15 is 0 Å². The Balaban J connectivity index is 2.40. The van der Waals surface area contributed by atoms with Crippen LogP contribution in [0.4, 0.5) is 0 Å². The first-order chi connectivity index (χ1) is 6.50. The van der Waals surface area contributed by atoms with Crippen LogP contribution in [-0.2, 0) is 10.7 Å². The normalized spacial score (nSPS) is 35.9. The van der Waals surface area contributed by atoms with Gasteiger partial charge in [-0.1, -0.05) is 13.3 Å². The first-order valence-electron chi connectivity index (χ1n) is 5.32. The summed E-state index contributed by atoms with van der Waals surface area (Å²) in [6.45, 7) is 4.03. The van der Waals surface area contributed by atoms with E-state index in [-0.39, 0.29) is 5.25 Å². The van der Waals surface area contributed by atoms with Gasteiger partial charge in [0, 0.05) is 5.25 Å². The molecule has 0 aliphatic heterocycles. The first-order valence-corrected chi connectivity index (χ1v) is 7.08. The topological polar surface area (TPSA) is 34.1 Å². The molecule has 4 atom stereocenters. The third kappa shape index (κ3) is 3.46. The van der Waals surface area contributed by atoms with Crippen molar-refractivity contribution in [2.75, 3.05) is 0 Å². The van der Waals surface area contributed by atoms with E-state index < -0.39 is 10.7 Å². The smallest absolute Gasteiger partial charge is 0.142 e. The highest BCUT2D eigenvalue weighted by Gasteiger charge is 2.26. The van der Waals surface area contributed by atoms with Crippen LogP contribution >= 0.6 is 12.6 Å². The molecular formula is C10H20O2S2. The van der Waals surface area contributed by atoms with Crippen LogP contribution < -0.4 is 0 Å². The molecule has 0 aromatic heterocycles. The van der Waals surface area contributed by atoms with Crippen molar-refractivity contribution in [2.45, 2.75) is 50.0 Å². The zero-order valence-corrected chi connectivity index (χ0v) is 10.6. The van der Waals surface area contributed by atoms with Crippen molar-refractivity contribution < 1.29 is 8.42 Å². The highest BCUT2D eigenvalue weighted by Crippen LogP contribution is 2.34. The van der Waals surface area contributed by atoms with Crippen LogP contribution in [0, 0.1) is 11.8 Å². The molecule has 0 bridgehead atoms. The molecule has 4 heteroatoms. The van der Waals surface area contributed by atoms with Crippen LogP contribution in [-0.4, -0.2) is 18.9 Å². The fourth-order valence-corrected chi connectivity index (χ4v) is 3.08. The second-order valence-electron chi connectivity index (χ2n) is 4.59. The van der Waals surface area contributed by atoms with Gasteiger partial charge in [0.2, 0.25) is 0 Å². The van der Waals surface area contributed by atoms with Gasteiger partial charge in [0.05, 0.1) is 5.25 Å². The van der Waals surface area contributed by atoms with Crippen molar-refractivity contribution in [3.05, 3.63) is 0 Å². The molecular weight excluding hydrogens is 216 g/mol. The average Bonchev–Trinajstić information content (AvgIpc) is 2.11. The predicted molar refractivity (Wildman–Crippen MR) is 63.7 cm³/mol. The predicted octanol–water partition coefficient (Wildman–Crippen LogP) is 2.11. The molecule has 0 amide bonds. The molecule has 1 rings (SSSR count). The minimum absolute atomic E-state index is 0.163. The van der Waals surface area contributed by atoms with Crippen molar-refractivity contribution in [1.82, 2.24) is 0 Å². The lowest BCUT2D eigenvalue weighted by molar-refractivity contribution is 0.287. The first kappa shape index (κ1) is 12.4. The minimum Gasteiger partial charge on any atom is -0.232 e. The molecule has 4 unspecified atom stereocenters. The molecule has 84 valence electrons. The van der Waals surface area contributed by atoms with E-state index in [1.807, 2.05) is 0 Å². The summed E-state index contributed by atoms with van der Waals surface area (Å²) in [6.07, 6.45) is 4.27. The second kappa shape index (κ2) is 5.40. The van der Waals surface area contributed by atoms with Crippen molar-refractivity contribution in [1.29, 1.82) is 0 Å². The van der Waals surface area contributed by atoms with E-state index in [2.05, 4.69) is 19.6 Å². The summed E-state index contributed by atoms with van der Waals surface area (Å²) in [7, 11) is -2.24. The highest BCUT2D eigenvalue weighted by atomic mass is 32.2. The number of hydrogen-bond acceptors (Lipinski definition) is 3. The largest absolute Gasteiger partial charge is 0.232 e. The average molecular weight is 236 g/mol. The fourth-order valence-electron chi connectivity index (χ4n) is 2.17. The van der Waals surface area contributed by atoms with Crippen molar-refractivity contribution in [3.8, 4) is 0 Å². The van der Waals surface area contributed by atoms with Crippen molar-refractivity contribution in [2.24, 2.45) is 11.8 Å². The number of rotatable bonds is 3. The van der Waals surface area contributed by atoms with Crippen molar-refractivity contribution in [3.63, 3.8) is 0 Å². The molecule has 1 aliphatic rings. The second-order valence-corrected chi connectivity index (χ2v) is 6.71. The highest BCUT2D eigenvalue weighted by molar-refractivity contribution is 7.81. The molecule has 1 aliphatic carbocycles. The van der Waals surface area contributed by atoms with Gasteiger partial charge in [-0.05, 0) is 38.0 Å². The maximum absolute atomic E-state index is 10.7. The van der Waals surface area contributed by atoms with E-state index in [1.165, 1.54) is 12.8 Å². The van der Waals surface area contributed by atoms with Crippen LogP contribution in [0.1, 0.15) is 39.5 Å². The fraction of sp³-hybridized carbons (Fsp3) is 1.00. The van der Waals surface area contributed by atoms with E-state index in [4.69, 9.17) is 0 Å². The summed E-state index contributed by atoms with van der Waals surface area (Å²) in [4.78, 5) is 0. The Hall–Kier alpha value is 0.300. The quantitative estimate of drug-likeness (QED) is 0.736. The lowest BCUT2D eigenvalue weighted by Gasteiger charge is -2.31. The molecule has 0 N–H and O–H groups in total. The molecule has 1 saturated carbocycles. The Morgan fingerprint density at radius 3 is 2.57 bits per heavy atom. The standard InChI is InChI=1S/C10H20O2S2/c1-7-3-4-9(6-10(7)13)5-8(2)14(11)12/h7-10,13-14H,3-6H2,1-2H3. The van der Waals surface area contributed by atoms with Gasteiger partial charge in [-0.25, -0.2) is 8.42 Å². The SMILES string of the molecule is CC1CCC(CC(C)[SH](=O)=O)CC1S. The van der Waals surface area contributed by atoms with Gasteiger partial charge in [-0.15, -0.1) is 0 Å². The molecule has 14 heavy (non-hydrogen) atoms. The van der Waals surface area contributed by atoms with Crippen molar-refractivity contribution >= 4 is 23.3 Å². The van der Waals surface area contributed by atoms with Gasteiger partial charge in [0.1, 0.15) is 10.7 Å². The van der Waals surface area contributed by atoms with Gasteiger partial charge in [0.25, 0.3) is 0 Å². The Morgan fingerprint density at radius 1 is 1.43 bits per heavy atom. The third-order valence-electron chi connectivity index (χ3n) is 3.30. The summed E-state index contributed by atoms with van der Waals surface area (Å²) in [5, 5.41) is 0.300. The van der Waals surface area contributed by atoms with Crippen LogP contribution in [0.3, 0.4) is 0 Å². The van der Waals surface area contributed by atoms with E-state index in [0.29, 0.717) is 17.1 Å². The number of thiol groups is 2. The molecule has 0 aromatic rings. The van der Waals surface area contributed by atoms with Crippen LogP contribution in [0.25, 0.3) is 0 Å². The summed E-state index contributed by atoms with van der Waals surface area (Å²) >= 11 is 4.54. The summed E-state index contributed by atoms with van der Waals surface area (Å²) in [5.41, 5.74) is 0. The molecule has 0 spiro atoms. The van der Waals surface area contributed by atoms with Crippen LogP contribution in [0.2, 0.25) is 0 Å². The van der Waals surface area contributed by atoms with E-state index in [9.17, 15) is 8.42 Å². The third-order valence-corrected chi connectivity index (χ3v) is 4.95. The summed E-state index contributed by atoms with van der Waals surface area (Å²) < 4.78 is 21.5. The molecule has 2 nitrogen and oxygen atoms in total. The van der Waals surface area contributed by atoms with Gasteiger partial charge >= 0.3 is 0 Å². The zero-order valence-electron chi connectivity index (χ0n) is 8.85. The van der Waals surface area contributed by atoms with Gasteiger partial charge in [0.15, 0.2) is 0 Å². The summed E-state index contributed by atoms with van der Waals surface area (Å²) in [6, 6.07) is 0. The van der Waals surface area contributed by atoms with E-state index in [0.717, 1.165) is 12.8 Å². The molecule has 1 fully saturated rings. The van der Waals surface area contributed by atoms with Crippen LogP contribution in [0.5, 0.6) is 0 Å². The number of hydrogen-bond donors (Lipinski definition) is 2. The molecule has 0 saturated heterocycles. The zero-order chi connectivity index (χ0) is 10.7. The molecule has 0 heterocycles. The maximum atomic E-state index is 10.7. The minimum atomic E-state index is -2.24. The Bertz CT molecular complexity index is 243.